The monoisotopic (exact) mass is 646 g/mol. The normalized spacial score (nSPS) is 22.6. The summed E-state index contributed by atoms with van der Waals surface area (Å²) in [5.74, 6) is -3.41. The lowest BCUT2D eigenvalue weighted by Crippen LogP contribution is -2.56. The summed E-state index contributed by atoms with van der Waals surface area (Å²) in [6.07, 6.45) is -2.61. The van der Waals surface area contributed by atoms with E-state index in [1.165, 1.54) is 12.1 Å². The number of nitrogens with zero attached hydrogens (tertiary/aromatic N) is 2. The molecule has 0 aromatic heterocycles. The van der Waals surface area contributed by atoms with Gasteiger partial charge in [-0.05, 0) is 44.9 Å². The molecule has 0 radical (unpaired) electrons. The zero-order chi connectivity index (χ0) is 32.3. The molecule has 1 fully saturated rings. The van der Waals surface area contributed by atoms with Gasteiger partial charge in [0.15, 0.2) is 15.8 Å². The van der Waals surface area contributed by atoms with Crippen molar-refractivity contribution in [2.24, 2.45) is 10.7 Å². The molecule has 4 N–H and O–H groups in total. The number of anilines is 1. The maximum absolute atomic E-state index is 13.2. The van der Waals surface area contributed by atoms with Crippen molar-refractivity contribution < 1.29 is 45.8 Å². The molecular formula is C27H30ClF3N4O7S. The van der Waals surface area contributed by atoms with Crippen molar-refractivity contribution in [3.05, 3.63) is 58.6 Å². The lowest BCUT2D eigenvalue weighted by molar-refractivity contribution is -0.192. The van der Waals surface area contributed by atoms with Crippen LogP contribution in [0.5, 0.6) is 0 Å². The number of carboxylic acids is 1. The molecule has 1 saturated heterocycles. The highest BCUT2D eigenvalue weighted by molar-refractivity contribution is 7.90. The summed E-state index contributed by atoms with van der Waals surface area (Å²) >= 11 is 6.71. The summed E-state index contributed by atoms with van der Waals surface area (Å²) in [6.45, 7) is 4.29. The van der Waals surface area contributed by atoms with Gasteiger partial charge in [0.05, 0.1) is 39.2 Å². The van der Waals surface area contributed by atoms with E-state index in [9.17, 15) is 31.2 Å². The third-order valence-corrected chi connectivity index (χ3v) is 8.36. The van der Waals surface area contributed by atoms with Crippen LogP contribution >= 0.6 is 11.6 Å². The van der Waals surface area contributed by atoms with Crippen molar-refractivity contribution in [2.75, 3.05) is 18.2 Å². The first-order valence-corrected chi connectivity index (χ1v) is 15.1. The number of benzene rings is 2. The minimum absolute atomic E-state index is 0.00382. The number of carboxylic acid groups (broad SMARTS) is 1. The van der Waals surface area contributed by atoms with Crippen molar-refractivity contribution in [2.45, 2.75) is 61.9 Å². The average Bonchev–Trinajstić information content (AvgIpc) is 2.88. The van der Waals surface area contributed by atoms with Gasteiger partial charge < -0.3 is 20.9 Å². The van der Waals surface area contributed by atoms with Crippen LogP contribution in [0, 0.1) is 0 Å². The van der Waals surface area contributed by atoms with E-state index in [1.807, 2.05) is 6.92 Å². The number of halogens is 4. The Morgan fingerprint density at radius 3 is 2.40 bits per heavy atom. The van der Waals surface area contributed by atoms with Gasteiger partial charge in [-0.1, -0.05) is 35.9 Å². The number of hydrogen-bond donors (Lipinski definition) is 3. The topological polar surface area (TPSA) is 168 Å². The number of amides is 2. The fourth-order valence-electron chi connectivity index (χ4n) is 4.82. The first-order chi connectivity index (χ1) is 19.8. The van der Waals surface area contributed by atoms with E-state index in [0.717, 1.165) is 6.26 Å². The third kappa shape index (κ3) is 8.03. The molecule has 0 saturated carbocycles. The van der Waals surface area contributed by atoms with Gasteiger partial charge in [-0.15, -0.1) is 0 Å². The van der Waals surface area contributed by atoms with Crippen LogP contribution in [0.3, 0.4) is 0 Å². The number of ether oxygens (including phenoxy) is 1. The van der Waals surface area contributed by atoms with Gasteiger partial charge in [0, 0.05) is 24.5 Å². The number of aliphatic imine (C=N–C) groups is 1. The summed E-state index contributed by atoms with van der Waals surface area (Å²) in [5.41, 5.74) is 6.06. The van der Waals surface area contributed by atoms with Crippen LogP contribution in [0.25, 0.3) is 0 Å². The predicted octanol–water partition coefficient (Wildman–Crippen LogP) is 3.96. The van der Waals surface area contributed by atoms with E-state index in [2.05, 4.69) is 10.3 Å². The van der Waals surface area contributed by atoms with Gasteiger partial charge in [-0.25, -0.2) is 18.2 Å². The second-order valence-electron chi connectivity index (χ2n) is 10.2. The van der Waals surface area contributed by atoms with Crippen LogP contribution in [0.2, 0.25) is 5.02 Å². The molecule has 2 aliphatic heterocycles. The number of nitrogens with one attached hydrogen (secondary N) is 1. The Hall–Kier alpha value is -3.69. The first kappa shape index (κ1) is 33.8. The summed E-state index contributed by atoms with van der Waals surface area (Å²) in [7, 11) is -3.62. The van der Waals surface area contributed by atoms with Crippen molar-refractivity contribution in [3.8, 4) is 0 Å². The van der Waals surface area contributed by atoms with Crippen LogP contribution < -0.4 is 11.1 Å². The molecule has 43 heavy (non-hydrogen) atoms. The molecule has 2 aromatic rings. The standard InChI is InChI=1S/C25H29ClN4O5S.C2HF3O2/c1-15-13-16(11-12-35-15)30-21(31)14-25(2,29-24(30)27)18-8-6-9-19(22(18)26)28-23(32)17-7-4-5-10-20(17)36(3,33)34;3-2(4,5)1(6)7/h4-10,15-16H,11-14H2,1-3H3,(H2,27,29)(H,28,32);(H,6,7)/t15-,16-,25+;/m1./s1. The molecule has 2 aromatic carbocycles. The minimum Gasteiger partial charge on any atom is -0.475 e. The molecular weight excluding hydrogens is 617 g/mol. The van der Waals surface area contributed by atoms with Crippen LogP contribution in [-0.2, 0) is 29.7 Å². The lowest BCUT2D eigenvalue weighted by atomic mass is 9.86. The Balaban J connectivity index is 0.000000646. The first-order valence-electron chi connectivity index (χ1n) is 12.8. The molecule has 2 aliphatic rings. The number of sulfone groups is 1. The second kappa shape index (κ2) is 12.9. The molecule has 4 rings (SSSR count). The van der Waals surface area contributed by atoms with Gasteiger partial charge in [0.1, 0.15) is 0 Å². The van der Waals surface area contributed by atoms with Crippen molar-refractivity contribution >= 4 is 50.9 Å². The number of nitrogens with two attached hydrogens (primary N) is 1. The number of guanidine groups is 1. The van der Waals surface area contributed by atoms with E-state index >= 15 is 0 Å². The summed E-state index contributed by atoms with van der Waals surface area (Å²) in [6, 6.07) is 10.9. The van der Waals surface area contributed by atoms with Crippen LogP contribution in [0.1, 0.15) is 49.0 Å². The van der Waals surface area contributed by atoms with Gasteiger partial charge in [0.2, 0.25) is 5.91 Å². The van der Waals surface area contributed by atoms with Crippen molar-refractivity contribution in [1.82, 2.24) is 4.90 Å². The fourth-order valence-corrected chi connectivity index (χ4v) is 6.08. The number of aliphatic carboxylic acids is 1. The quantitative estimate of drug-likeness (QED) is 0.439. The Labute approximate surface area is 250 Å². The number of carbonyl (C=O) groups excluding carboxylic acids is 2. The molecule has 0 bridgehead atoms. The van der Waals surface area contributed by atoms with E-state index in [1.54, 1.807) is 42.2 Å². The van der Waals surface area contributed by atoms with Crippen LogP contribution in [0.4, 0.5) is 18.9 Å². The summed E-state index contributed by atoms with van der Waals surface area (Å²) in [5, 5.41) is 10.0. The Kier molecular flexibility index (Phi) is 10.1. The molecule has 2 heterocycles. The average molecular weight is 647 g/mol. The van der Waals surface area contributed by atoms with E-state index < -0.39 is 33.4 Å². The zero-order valence-corrected chi connectivity index (χ0v) is 24.9. The van der Waals surface area contributed by atoms with Crippen molar-refractivity contribution in [3.63, 3.8) is 0 Å². The molecule has 0 unspecified atom stereocenters. The Morgan fingerprint density at radius 1 is 1.21 bits per heavy atom. The third-order valence-electron chi connectivity index (χ3n) is 6.80. The number of hydrogen-bond acceptors (Lipinski definition) is 8. The molecule has 2 amide bonds. The molecule has 3 atom stereocenters. The summed E-state index contributed by atoms with van der Waals surface area (Å²) < 4.78 is 61.6. The highest BCUT2D eigenvalue weighted by Gasteiger charge is 2.42. The Morgan fingerprint density at radius 2 is 1.84 bits per heavy atom. The highest BCUT2D eigenvalue weighted by atomic mass is 35.5. The predicted molar refractivity (Wildman–Crippen MR) is 152 cm³/mol. The minimum atomic E-state index is -5.08. The smallest absolute Gasteiger partial charge is 0.475 e. The molecule has 16 heteroatoms. The maximum Gasteiger partial charge on any atom is 0.490 e. The van der Waals surface area contributed by atoms with E-state index in [4.69, 9.17) is 32.0 Å². The molecule has 0 spiro atoms. The van der Waals surface area contributed by atoms with E-state index in [0.29, 0.717) is 25.0 Å². The Bertz CT molecular complexity index is 1550. The molecule has 234 valence electrons. The van der Waals surface area contributed by atoms with Gasteiger partial charge in [-0.3, -0.25) is 14.5 Å². The number of rotatable bonds is 5. The van der Waals surface area contributed by atoms with Gasteiger partial charge in [0.25, 0.3) is 5.91 Å². The SMILES string of the molecule is C[C@@H]1C[C@H](N2C(=O)C[C@@](C)(c3cccc(NC(=O)c4ccccc4S(C)(=O)=O)c3Cl)N=C2N)CCO1.O=C(O)C(F)(F)F. The lowest BCUT2D eigenvalue weighted by Gasteiger charge is -2.41. The highest BCUT2D eigenvalue weighted by Crippen LogP contribution is 2.41. The molecule has 0 aliphatic carbocycles. The maximum atomic E-state index is 13.2. The second-order valence-corrected chi connectivity index (χ2v) is 12.6. The van der Waals surface area contributed by atoms with Crippen LogP contribution in [0.15, 0.2) is 52.4 Å². The van der Waals surface area contributed by atoms with E-state index in [-0.39, 0.29) is 51.6 Å². The molecule has 11 nitrogen and oxygen atoms in total. The number of alkyl halides is 3. The van der Waals surface area contributed by atoms with Crippen LogP contribution in [-0.4, -0.2) is 73.4 Å². The van der Waals surface area contributed by atoms with Gasteiger partial charge >= 0.3 is 12.1 Å². The van der Waals surface area contributed by atoms with Gasteiger partial charge in [-0.2, -0.15) is 13.2 Å². The number of carbonyl (C=O) groups is 3. The largest absolute Gasteiger partial charge is 0.490 e. The summed E-state index contributed by atoms with van der Waals surface area (Å²) in [4.78, 5) is 41.3. The zero-order valence-electron chi connectivity index (χ0n) is 23.3. The van der Waals surface area contributed by atoms with Crippen molar-refractivity contribution in [1.29, 1.82) is 0 Å². The fraction of sp³-hybridized carbons (Fsp3) is 0.407.